The van der Waals surface area contributed by atoms with Crippen LogP contribution in [0.15, 0.2) is 144 Å². The summed E-state index contributed by atoms with van der Waals surface area (Å²) >= 11 is 0. The van der Waals surface area contributed by atoms with Crippen molar-refractivity contribution in [1.29, 1.82) is 0 Å². The normalized spacial score (nSPS) is 11.1. The Bertz CT molecular complexity index is 3030. The van der Waals surface area contributed by atoms with E-state index in [2.05, 4.69) is 118 Å². The fourth-order valence-electron chi connectivity index (χ4n) is 7.62. The third-order valence-corrected chi connectivity index (χ3v) is 10.5. The van der Waals surface area contributed by atoms with Crippen molar-refractivity contribution >= 4 is 43.7 Å². The Morgan fingerprint density at radius 1 is 0.526 bits per heavy atom. The molecular weight excluding hydrogens is 877 g/mol. The third-order valence-electron chi connectivity index (χ3n) is 10.5. The summed E-state index contributed by atoms with van der Waals surface area (Å²) in [4.78, 5) is 19.0. The summed E-state index contributed by atoms with van der Waals surface area (Å²) in [6.07, 6.45) is 3.74. The quantitative estimate of drug-likeness (QED) is 0.165. The van der Waals surface area contributed by atoms with Crippen LogP contribution in [0.1, 0.15) is 27.9 Å². The Balaban J connectivity index is 0.000000300. The maximum atomic E-state index is 6.59. The van der Waals surface area contributed by atoms with Crippen molar-refractivity contribution in [1.82, 2.24) is 19.9 Å². The summed E-state index contributed by atoms with van der Waals surface area (Å²) in [6.45, 7) is 10.6. The molecule has 5 nitrogen and oxygen atoms in total. The van der Waals surface area contributed by atoms with E-state index in [4.69, 9.17) is 19.4 Å². The largest absolute Gasteiger partial charge is 0.498 e. The first-order chi connectivity index (χ1) is 27.3. The van der Waals surface area contributed by atoms with Crippen LogP contribution in [0.4, 0.5) is 0 Å². The van der Waals surface area contributed by atoms with Gasteiger partial charge >= 0.3 is 0 Å². The van der Waals surface area contributed by atoms with Gasteiger partial charge in [0.05, 0.1) is 16.8 Å². The van der Waals surface area contributed by atoms with Gasteiger partial charge < -0.3 is 14.4 Å². The molecule has 0 unspecified atom stereocenters. The van der Waals surface area contributed by atoms with E-state index in [1.807, 2.05) is 67.7 Å². The summed E-state index contributed by atoms with van der Waals surface area (Å²) < 4.78 is 6.59. The van der Waals surface area contributed by atoms with Crippen molar-refractivity contribution in [3.8, 4) is 44.9 Å². The van der Waals surface area contributed by atoms with Gasteiger partial charge in [0.25, 0.3) is 0 Å². The Kier molecular flexibility index (Phi) is 10.3. The van der Waals surface area contributed by atoms with Crippen LogP contribution >= 0.6 is 0 Å². The molecule has 5 aromatic carbocycles. The predicted molar refractivity (Wildman–Crippen MR) is 229 cm³/mol. The zero-order valence-corrected chi connectivity index (χ0v) is 34.7. The van der Waals surface area contributed by atoms with E-state index in [9.17, 15) is 0 Å². The number of hydrogen-bond acceptors (Lipinski definition) is 5. The van der Waals surface area contributed by atoms with Gasteiger partial charge in [-0.05, 0) is 110 Å². The first-order valence-corrected chi connectivity index (χ1v) is 18.8. The number of aryl methyl sites for hydroxylation is 5. The summed E-state index contributed by atoms with van der Waals surface area (Å²) in [7, 11) is 0. The minimum absolute atomic E-state index is 0. The molecule has 0 saturated heterocycles. The Hall–Kier alpha value is -6.33. The first-order valence-electron chi connectivity index (χ1n) is 18.8. The number of nitrogens with zero attached hydrogens (tertiary/aromatic N) is 4. The van der Waals surface area contributed by atoms with Crippen LogP contribution in [0.2, 0.25) is 0 Å². The molecule has 0 atom stereocenters. The van der Waals surface area contributed by atoms with E-state index in [-0.39, 0.29) is 20.1 Å². The molecular formula is C51H38IrN4O-2. The molecule has 0 aliphatic rings. The molecule has 10 aromatic rings. The molecule has 0 saturated carbocycles. The molecule has 279 valence electrons. The molecule has 0 spiro atoms. The number of fused-ring (bicyclic) bond motifs is 6. The number of benzene rings is 5. The van der Waals surface area contributed by atoms with Crippen molar-refractivity contribution in [3.05, 3.63) is 180 Å². The van der Waals surface area contributed by atoms with Crippen molar-refractivity contribution in [2.45, 2.75) is 34.6 Å². The number of aromatic nitrogens is 4. The van der Waals surface area contributed by atoms with Crippen molar-refractivity contribution in [2.75, 3.05) is 0 Å². The van der Waals surface area contributed by atoms with Crippen molar-refractivity contribution in [2.24, 2.45) is 0 Å². The Morgan fingerprint density at radius 2 is 1.30 bits per heavy atom. The summed E-state index contributed by atoms with van der Waals surface area (Å²) in [5.41, 5.74) is 17.4. The predicted octanol–water partition coefficient (Wildman–Crippen LogP) is 13.0. The second kappa shape index (κ2) is 15.7. The number of pyridine rings is 4. The SMILES string of the molecule is Cc1ccc2ccc3c4cc[c-]c(-c5cc(-c6cc7ccc(-c8c(C)cccc8C)nc7cc6C)c(C)cn5)c4oc3c2n1.[Ir].[c-]1ccccc1-c1ccccn1. The number of furan rings is 1. The minimum Gasteiger partial charge on any atom is -0.498 e. The van der Waals surface area contributed by atoms with Gasteiger partial charge in [-0.3, -0.25) is 0 Å². The monoisotopic (exact) mass is 915 g/mol. The second-order valence-corrected chi connectivity index (χ2v) is 14.4. The molecule has 10 rings (SSSR count). The van der Waals surface area contributed by atoms with Gasteiger partial charge in [-0.15, -0.1) is 54.1 Å². The van der Waals surface area contributed by atoms with E-state index in [0.717, 1.165) is 88.8 Å². The molecule has 0 aliphatic heterocycles. The maximum absolute atomic E-state index is 6.59. The summed E-state index contributed by atoms with van der Waals surface area (Å²) in [5.74, 6) is 0. The van der Waals surface area contributed by atoms with Crippen LogP contribution in [0.25, 0.3) is 88.6 Å². The van der Waals surface area contributed by atoms with Gasteiger partial charge in [-0.2, -0.15) is 0 Å². The van der Waals surface area contributed by atoms with Crippen LogP contribution in [0.3, 0.4) is 0 Å². The first kappa shape index (κ1) is 37.6. The van der Waals surface area contributed by atoms with E-state index >= 15 is 0 Å². The summed E-state index contributed by atoms with van der Waals surface area (Å²) in [6, 6.07) is 50.0. The molecule has 6 heteroatoms. The Morgan fingerprint density at radius 3 is 2.09 bits per heavy atom. The van der Waals surface area contributed by atoms with Gasteiger partial charge in [-0.1, -0.05) is 71.6 Å². The molecule has 5 heterocycles. The van der Waals surface area contributed by atoms with E-state index in [0.29, 0.717) is 0 Å². The molecule has 57 heavy (non-hydrogen) atoms. The number of hydrogen-bond donors (Lipinski definition) is 0. The fourth-order valence-corrected chi connectivity index (χ4v) is 7.62. The van der Waals surface area contributed by atoms with Gasteiger partial charge in [-0.25, -0.2) is 9.97 Å². The van der Waals surface area contributed by atoms with Crippen LogP contribution < -0.4 is 0 Å². The molecule has 0 fully saturated rings. The molecule has 0 bridgehead atoms. The van der Waals surface area contributed by atoms with Crippen LogP contribution in [-0.4, -0.2) is 19.9 Å². The van der Waals surface area contributed by atoms with Crippen molar-refractivity contribution < 1.29 is 24.5 Å². The summed E-state index contributed by atoms with van der Waals surface area (Å²) in [5, 5.41) is 4.26. The fraction of sp³-hybridized carbons (Fsp3) is 0.0980. The second-order valence-electron chi connectivity index (χ2n) is 14.4. The van der Waals surface area contributed by atoms with Gasteiger partial charge in [0.1, 0.15) is 11.1 Å². The molecule has 0 amide bonds. The van der Waals surface area contributed by atoms with E-state index in [1.54, 1.807) is 6.20 Å². The molecule has 1 radical (unpaired) electrons. The smallest absolute Gasteiger partial charge is 0.147 e. The van der Waals surface area contributed by atoms with Crippen molar-refractivity contribution in [3.63, 3.8) is 0 Å². The van der Waals surface area contributed by atoms with Crippen LogP contribution in [-0.2, 0) is 20.1 Å². The molecule has 0 N–H and O–H groups in total. The average molecular weight is 915 g/mol. The zero-order valence-electron chi connectivity index (χ0n) is 32.3. The van der Waals surface area contributed by atoms with E-state index < -0.39 is 0 Å². The standard InChI is InChI=1S/C40H30N3O.C11H8N.Ir/c1-22-8-6-9-23(2)37(22)34-17-15-28-19-32(24(3)18-35(28)43-34)33-20-36(41-21-25(33)4)31-11-7-10-29-30-16-14-27-13-12-26(5)42-38(27)40(30)44-39(29)31;1-2-6-10(7-3-1)11-8-4-5-9-12-11;/h6-10,12-21H,1-5H3;1-6,8-9H;/q2*-1;. The van der Waals surface area contributed by atoms with Crippen LogP contribution in [0, 0.1) is 46.8 Å². The Labute approximate surface area is 345 Å². The van der Waals surface area contributed by atoms with Gasteiger partial charge in [0, 0.05) is 59.9 Å². The third kappa shape index (κ3) is 7.15. The topological polar surface area (TPSA) is 64.7 Å². The minimum atomic E-state index is 0. The van der Waals surface area contributed by atoms with Crippen LogP contribution in [0.5, 0.6) is 0 Å². The molecule has 5 aromatic heterocycles. The maximum Gasteiger partial charge on any atom is 0.147 e. The molecule has 0 aliphatic carbocycles. The average Bonchev–Trinajstić information content (AvgIpc) is 3.61. The van der Waals surface area contributed by atoms with Gasteiger partial charge in [0.2, 0.25) is 0 Å². The zero-order chi connectivity index (χ0) is 38.3. The van der Waals surface area contributed by atoms with Gasteiger partial charge in [0.15, 0.2) is 0 Å². The number of rotatable bonds is 4. The van der Waals surface area contributed by atoms with E-state index in [1.165, 1.54) is 27.8 Å².